The van der Waals surface area contributed by atoms with Gasteiger partial charge in [0.2, 0.25) is 5.91 Å². The topological polar surface area (TPSA) is 65.8 Å². The number of hydrogen-bond donors (Lipinski definition) is 0. The molecule has 21 heavy (non-hydrogen) atoms. The summed E-state index contributed by atoms with van der Waals surface area (Å²) in [5.41, 5.74) is 9.01. The van der Waals surface area contributed by atoms with Gasteiger partial charge in [-0.25, -0.2) is 0 Å². The highest BCUT2D eigenvalue weighted by molar-refractivity contribution is 7.99. The van der Waals surface area contributed by atoms with Gasteiger partial charge >= 0.3 is 0 Å². The molecule has 2 rings (SSSR count). The molecular weight excluding hydrogens is 298 g/mol. The molecule has 1 amide bonds. The van der Waals surface area contributed by atoms with Gasteiger partial charge in [-0.1, -0.05) is 55.2 Å². The van der Waals surface area contributed by atoms with Crippen LogP contribution in [0.3, 0.4) is 0 Å². The molecule has 0 radical (unpaired) electrons. The van der Waals surface area contributed by atoms with Crippen LogP contribution in [-0.4, -0.2) is 14.7 Å². The van der Waals surface area contributed by atoms with E-state index in [4.69, 9.17) is 5.53 Å². The number of carbonyl (C=O) groups is 1. The molecule has 0 N–H and O–H groups in total. The van der Waals surface area contributed by atoms with Crippen LogP contribution in [0.5, 0.6) is 0 Å². The van der Waals surface area contributed by atoms with Gasteiger partial charge in [0.15, 0.2) is 0 Å². The van der Waals surface area contributed by atoms with Crippen molar-refractivity contribution in [3.8, 4) is 0 Å². The van der Waals surface area contributed by atoms with Crippen LogP contribution in [0.2, 0.25) is 13.1 Å². The standard InChI is InChI=1S/C15H15N3OSSi/c1-21(2)14-12(15(19)17-18-16)9-6-10-13(14)20-11-7-4-3-5-8-11/h3-10,21H,1-2H3. The molecule has 0 aliphatic heterocycles. The first-order valence-electron chi connectivity index (χ1n) is 6.58. The zero-order chi connectivity index (χ0) is 15.2. The molecule has 0 atom stereocenters. The Morgan fingerprint density at radius 3 is 2.48 bits per heavy atom. The Hall–Kier alpha value is -2.01. The van der Waals surface area contributed by atoms with E-state index < -0.39 is 14.7 Å². The molecule has 6 heteroatoms. The Kier molecular flexibility index (Phi) is 5.22. The SMILES string of the molecule is C[SiH](C)c1c(Sc2ccccc2)cccc1C(=O)N=[N+]=[N-]. The molecule has 0 saturated carbocycles. The first-order valence-corrected chi connectivity index (χ1v) is 10.3. The quantitative estimate of drug-likeness (QED) is 0.371. The molecule has 0 aliphatic carbocycles. The third-order valence-corrected chi connectivity index (χ3v) is 6.05. The molecule has 0 bridgehead atoms. The van der Waals surface area contributed by atoms with Gasteiger partial charge in [-0.05, 0) is 34.0 Å². The lowest BCUT2D eigenvalue weighted by atomic mass is 10.2. The van der Waals surface area contributed by atoms with Gasteiger partial charge in [0.25, 0.3) is 0 Å². The maximum Gasteiger partial charge on any atom is 0.249 e. The molecule has 0 heterocycles. The molecule has 0 aliphatic rings. The Balaban J connectivity index is 2.48. The van der Waals surface area contributed by atoms with Gasteiger partial charge in [-0.2, -0.15) is 0 Å². The summed E-state index contributed by atoms with van der Waals surface area (Å²) in [6, 6.07) is 15.6. The fourth-order valence-electron chi connectivity index (χ4n) is 2.13. The van der Waals surface area contributed by atoms with E-state index in [9.17, 15) is 4.79 Å². The van der Waals surface area contributed by atoms with E-state index in [1.807, 2.05) is 42.5 Å². The van der Waals surface area contributed by atoms with Crippen LogP contribution in [0.4, 0.5) is 0 Å². The third kappa shape index (κ3) is 3.76. The third-order valence-electron chi connectivity index (χ3n) is 2.98. The Morgan fingerprint density at radius 2 is 1.86 bits per heavy atom. The van der Waals surface area contributed by atoms with Crippen LogP contribution >= 0.6 is 11.8 Å². The Morgan fingerprint density at radius 1 is 1.14 bits per heavy atom. The van der Waals surface area contributed by atoms with Gasteiger partial charge in [-0.15, -0.1) is 0 Å². The molecule has 2 aromatic carbocycles. The van der Waals surface area contributed by atoms with E-state index in [1.54, 1.807) is 17.8 Å². The number of hydrogen-bond acceptors (Lipinski definition) is 2. The predicted molar refractivity (Wildman–Crippen MR) is 89.0 cm³/mol. The average Bonchev–Trinajstić information content (AvgIpc) is 2.48. The number of benzene rings is 2. The number of nitrogens with zero attached hydrogens (tertiary/aromatic N) is 3. The lowest BCUT2D eigenvalue weighted by Gasteiger charge is -2.15. The summed E-state index contributed by atoms with van der Waals surface area (Å²) in [4.78, 5) is 16.8. The van der Waals surface area contributed by atoms with E-state index in [0.29, 0.717) is 5.56 Å². The summed E-state index contributed by atoms with van der Waals surface area (Å²) >= 11 is 1.64. The van der Waals surface area contributed by atoms with Gasteiger partial charge in [0.05, 0.1) is 8.80 Å². The summed E-state index contributed by atoms with van der Waals surface area (Å²) in [7, 11) is -1.25. The van der Waals surface area contributed by atoms with E-state index in [0.717, 1.165) is 15.0 Å². The van der Waals surface area contributed by atoms with E-state index in [-0.39, 0.29) is 0 Å². The number of carbonyl (C=O) groups excluding carboxylic acids is 1. The molecule has 0 fully saturated rings. The van der Waals surface area contributed by atoms with Crippen LogP contribution in [0, 0.1) is 0 Å². The van der Waals surface area contributed by atoms with E-state index >= 15 is 0 Å². The summed E-state index contributed by atoms with van der Waals surface area (Å²) in [6.45, 7) is 4.33. The van der Waals surface area contributed by atoms with Crippen molar-refractivity contribution in [1.82, 2.24) is 0 Å². The van der Waals surface area contributed by atoms with Crippen molar-refractivity contribution in [2.45, 2.75) is 22.9 Å². The number of amides is 1. The zero-order valence-corrected chi connectivity index (χ0v) is 13.8. The van der Waals surface area contributed by atoms with Gasteiger partial charge < -0.3 is 0 Å². The van der Waals surface area contributed by atoms with Crippen LogP contribution in [0.15, 0.2) is 63.4 Å². The summed E-state index contributed by atoms with van der Waals surface area (Å²) in [5.74, 6) is -0.496. The van der Waals surface area contributed by atoms with Crippen LogP contribution in [-0.2, 0) is 0 Å². The Labute approximate surface area is 129 Å². The molecule has 106 valence electrons. The van der Waals surface area contributed by atoms with Crippen LogP contribution in [0.1, 0.15) is 10.4 Å². The fourth-order valence-corrected chi connectivity index (χ4v) is 5.43. The van der Waals surface area contributed by atoms with Crippen molar-refractivity contribution in [1.29, 1.82) is 0 Å². The van der Waals surface area contributed by atoms with Crippen molar-refractivity contribution in [2.75, 3.05) is 0 Å². The van der Waals surface area contributed by atoms with E-state index in [1.165, 1.54) is 0 Å². The molecule has 0 spiro atoms. The summed E-state index contributed by atoms with van der Waals surface area (Å²) in [6.07, 6.45) is 0. The summed E-state index contributed by atoms with van der Waals surface area (Å²) in [5, 5.41) is 4.30. The minimum absolute atomic E-state index is 0.496. The zero-order valence-electron chi connectivity index (χ0n) is 11.9. The van der Waals surface area contributed by atoms with Crippen molar-refractivity contribution in [3.63, 3.8) is 0 Å². The number of rotatable bonds is 4. The fraction of sp³-hybridized carbons (Fsp3) is 0.133. The maximum atomic E-state index is 12.0. The van der Waals surface area contributed by atoms with Crippen molar-refractivity contribution >= 4 is 31.7 Å². The van der Waals surface area contributed by atoms with Gasteiger partial charge in [-0.3, -0.25) is 4.79 Å². The van der Waals surface area contributed by atoms with Crippen LogP contribution in [0.25, 0.3) is 10.4 Å². The Bertz CT molecular complexity index is 697. The summed E-state index contributed by atoms with van der Waals surface area (Å²) < 4.78 is 0. The average molecular weight is 313 g/mol. The van der Waals surface area contributed by atoms with Gasteiger partial charge in [0.1, 0.15) is 0 Å². The number of azide groups is 1. The minimum Gasteiger partial charge on any atom is -0.287 e. The largest absolute Gasteiger partial charge is 0.287 e. The highest BCUT2D eigenvalue weighted by Gasteiger charge is 2.17. The minimum atomic E-state index is -1.25. The molecule has 0 unspecified atom stereocenters. The molecule has 2 aromatic rings. The van der Waals surface area contributed by atoms with Crippen molar-refractivity contribution in [2.24, 2.45) is 5.11 Å². The lowest BCUT2D eigenvalue weighted by Crippen LogP contribution is -2.30. The van der Waals surface area contributed by atoms with Crippen LogP contribution < -0.4 is 5.19 Å². The second kappa shape index (κ2) is 7.13. The predicted octanol–water partition coefficient (Wildman–Crippen LogP) is 3.98. The highest BCUT2D eigenvalue weighted by Crippen LogP contribution is 2.27. The lowest BCUT2D eigenvalue weighted by molar-refractivity contribution is 0.100. The van der Waals surface area contributed by atoms with Crippen molar-refractivity contribution in [3.05, 3.63) is 64.5 Å². The molecule has 0 aromatic heterocycles. The normalized spacial score (nSPS) is 10.2. The molecule has 4 nitrogen and oxygen atoms in total. The maximum absolute atomic E-state index is 12.0. The second-order valence-corrected chi connectivity index (χ2v) is 8.78. The first-order chi connectivity index (χ1) is 10.1. The smallest absolute Gasteiger partial charge is 0.249 e. The second-order valence-electron chi connectivity index (χ2n) is 4.78. The molecule has 0 saturated heterocycles. The molecular formula is C15H15N3OSSi. The van der Waals surface area contributed by atoms with Crippen molar-refractivity contribution < 1.29 is 4.79 Å². The van der Waals surface area contributed by atoms with E-state index in [2.05, 4.69) is 23.1 Å². The monoisotopic (exact) mass is 313 g/mol. The highest BCUT2D eigenvalue weighted by atomic mass is 32.2. The van der Waals surface area contributed by atoms with Gasteiger partial charge in [0, 0.05) is 20.3 Å². The first kappa shape index (κ1) is 15.4.